The molecule has 0 aliphatic carbocycles. The average Bonchev–Trinajstić information content (AvgIpc) is 2.02. The van der Waals surface area contributed by atoms with Crippen LogP contribution in [0.1, 0.15) is 40.0 Å². The summed E-state index contributed by atoms with van der Waals surface area (Å²) in [5.41, 5.74) is 0. The normalized spacial score (nSPS) is 14.6. The molecule has 0 radical (unpaired) electrons. The first-order valence-corrected chi connectivity index (χ1v) is 7.70. The monoisotopic (exact) mass is 285 g/mol. The molecule has 0 spiro atoms. The van der Waals surface area contributed by atoms with Crippen molar-refractivity contribution in [2.24, 2.45) is 5.92 Å². The fraction of sp³-hybridized carbons (Fsp3) is 1.00. The van der Waals surface area contributed by atoms with E-state index in [0.29, 0.717) is 5.92 Å². The molecule has 1 N–H and O–H groups in total. The fourth-order valence-electron chi connectivity index (χ4n) is 1.23. The van der Waals surface area contributed by atoms with Crippen LogP contribution in [0.5, 0.6) is 0 Å². The summed E-state index contributed by atoms with van der Waals surface area (Å²) < 4.78 is 24.9. The van der Waals surface area contributed by atoms with Crippen molar-refractivity contribution in [2.45, 2.75) is 46.1 Å². The Morgan fingerprint density at radius 2 is 1.79 bits per heavy atom. The highest BCUT2D eigenvalue weighted by molar-refractivity contribution is 9.10. The first-order valence-electron chi connectivity index (χ1n) is 4.93. The molecule has 1 unspecified atom stereocenters. The van der Waals surface area contributed by atoms with Gasteiger partial charge in [0, 0.05) is 6.04 Å². The molecule has 0 aromatic heterocycles. The molecule has 86 valence electrons. The van der Waals surface area contributed by atoms with Gasteiger partial charge in [-0.25, -0.2) is 13.1 Å². The lowest BCUT2D eigenvalue weighted by Crippen LogP contribution is -2.33. The van der Waals surface area contributed by atoms with Crippen LogP contribution in [0.2, 0.25) is 0 Å². The quantitative estimate of drug-likeness (QED) is 0.731. The highest BCUT2D eigenvalue weighted by Gasteiger charge is 2.12. The molecule has 14 heavy (non-hydrogen) atoms. The predicted molar refractivity (Wildman–Crippen MR) is 64.0 cm³/mol. The zero-order valence-electron chi connectivity index (χ0n) is 9.09. The van der Waals surface area contributed by atoms with Crippen LogP contribution < -0.4 is 4.72 Å². The Hall–Kier alpha value is 0.390. The number of hydrogen-bond donors (Lipinski definition) is 1. The van der Waals surface area contributed by atoms with Crippen LogP contribution in [0.3, 0.4) is 0 Å². The smallest absolute Gasteiger partial charge is 0.212 e. The highest BCUT2D eigenvalue weighted by atomic mass is 79.9. The van der Waals surface area contributed by atoms with E-state index in [1.54, 1.807) is 0 Å². The van der Waals surface area contributed by atoms with E-state index >= 15 is 0 Å². The number of rotatable bonds is 7. The molecule has 0 rings (SSSR count). The lowest BCUT2D eigenvalue weighted by molar-refractivity contribution is 0.489. The van der Waals surface area contributed by atoms with Gasteiger partial charge in [0.15, 0.2) is 0 Å². The summed E-state index contributed by atoms with van der Waals surface area (Å²) in [5, 5.41) is 0. The van der Waals surface area contributed by atoms with Gasteiger partial charge in [0.05, 0.1) is 0 Å². The molecular weight excluding hydrogens is 266 g/mol. The van der Waals surface area contributed by atoms with Crippen molar-refractivity contribution in [2.75, 3.05) is 4.66 Å². The predicted octanol–water partition coefficient (Wildman–Crippen LogP) is 2.47. The van der Waals surface area contributed by atoms with E-state index in [-0.39, 0.29) is 10.7 Å². The van der Waals surface area contributed by atoms with Gasteiger partial charge in [-0.2, -0.15) is 0 Å². The lowest BCUT2D eigenvalue weighted by Gasteiger charge is -2.13. The Kier molecular flexibility index (Phi) is 6.99. The second-order valence-electron chi connectivity index (χ2n) is 4.07. The van der Waals surface area contributed by atoms with Crippen molar-refractivity contribution < 1.29 is 8.42 Å². The zero-order valence-corrected chi connectivity index (χ0v) is 11.5. The SMILES string of the molecule is CC(C)CCCC(C)NS(=O)(=O)CBr. The number of hydrogen-bond acceptors (Lipinski definition) is 2. The molecule has 0 aromatic carbocycles. The van der Waals surface area contributed by atoms with E-state index in [4.69, 9.17) is 0 Å². The molecular formula is C9H20BrNO2S. The average molecular weight is 286 g/mol. The molecule has 0 fully saturated rings. The van der Waals surface area contributed by atoms with Gasteiger partial charge in [-0.1, -0.05) is 42.6 Å². The Morgan fingerprint density at radius 3 is 2.21 bits per heavy atom. The summed E-state index contributed by atoms with van der Waals surface area (Å²) in [4.78, 5) is 0. The number of nitrogens with one attached hydrogen (secondary N) is 1. The van der Waals surface area contributed by atoms with Gasteiger partial charge >= 0.3 is 0 Å². The van der Waals surface area contributed by atoms with E-state index in [1.807, 2.05) is 6.92 Å². The molecule has 1 atom stereocenters. The maximum absolute atomic E-state index is 11.1. The van der Waals surface area contributed by atoms with Gasteiger partial charge in [-0.05, 0) is 19.3 Å². The van der Waals surface area contributed by atoms with Gasteiger partial charge in [0.1, 0.15) is 4.66 Å². The van der Waals surface area contributed by atoms with Crippen LogP contribution in [0, 0.1) is 5.92 Å². The first kappa shape index (κ1) is 14.4. The molecule has 0 amide bonds. The molecule has 0 bridgehead atoms. The Balaban J connectivity index is 3.71. The summed E-state index contributed by atoms with van der Waals surface area (Å²) in [6.07, 6.45) is 3.13. The van der Waals surface area contributed by atoms with Crippen LogP contribution in [0.15, 0.2) is 0 Å². The minimum Gasteiger partial charge on any atom is -0.212 e. The molecule has 0 saturated heterocycles. The zero-order chi connectivity index (χ0) is 11.2. The summed E-state index contributed by atoms with van der Waals surface area (Å²) in [6.45, 7) is 6.25. The molecule has 0 aliphatic rings. The maximum atomic E-state index is 11.1. The van der Waals surface area contributed by atoms with Crippen molar-refractivity contribution in [3.8, 4) is 0 Å². The van der Waals surface area contributed by atoms with E-state index in [2.05, 4.69) is 34.5 Å². The number of alkyl halides is 1. The molecule has 5 heteroatoms. The minimum absolute atomic E-state index is 0.0193. The van der Waals surface area contributed by atoms with Crippen LogP contribution in [-0.2, 0) is 10.0 Å². The fourth-order valence-corrected chi connectivity index (χ4v) is 2.42. The van der Waals surface area contributed by atoms with Crippen molar-refractivity contribution in [1.29, 1.82) is 0 Å². The van der Waals surface area contributed by atoms with Gasteiger partial charge < -0.3 is 0 Å². The van der Waals surface area contributed by atoms with Crippen molar-refractivity contribution in [3.05, 3.63) is 0 Å². The summed E-state index contributed by atoms with van der Waals surface area (Å²) in [7, 11) is -3.10. The second-order valence-corrected chi connectivity index (χ2v) is 7.12. The van der Waals surface area contributed by atoms with Gasteiger partial charge in [0.2, 0.25) is 10.0 Å². The molecule has 0 saturated carbocycles. The number of halogens is 1. The van der Waals surface area contributed by atoms with Crippen LogP contribution in [0.4, 0.5) is 0 Å². The summed E-state index contributed by atoms with van der Waals surface area (Å²) in [5.74, 6) is 0.690. The van der Waals surface area contributed by atoms with Crippen molar-refractivity contribution in [1.82, 2.24) is 4.72 Å². The van der Waals surface area contributed by atoms with Gasteiger partial charge in [-0.15, -0.1) is 0 Å². The van der Waals surface area contributed by atoms with E-state index in [1.165, 1.54) is 0 Å². The van der Waals surface area contributed by atoms with E-state index in [9.17, 15) is 8.42 Å². The number of sulfonamides is 1. The van der Waals surface area contributed by atoms with Gasteiger partial charge in [-0.3, -0.25) is 0 Å². The highest BCUT2D eigenvalue weighted by Crippen LogP contribution is 2.09. The lowest BCUT2D eigenvalue weighted by atomic mass is 10.0. The summed E-state index contributed by atoms with van der Waals surface area (Å²) >= 11 is 2.94. The minimum atomic E-state index is -3.10. The second kappa shape index (κ2) is 6.80. The van der Waals surface area contributed by atoms with Crippen LogP contribution in [0.25, 0.3) is 0 Å². The maximum Gasteiger partial charge on any atom is 0.221 e. The Labute approximate surface area is 95.8 Å². The third-order valence-electron chi connectivity index (χ3n) is 1.94. The molecule has 3 nitrogen and oxygen atoms in total. The first-order chi connectivity index (χ1) is 6.37. The third kappa shape index (κ3) is 7.76. The summed E-state index contributed by atoms with van der Waals surface area (Å²) in [6, 6.07) is 0.0382. The van der Waals surface area contributed by atoms with Crippen LogP contribution >= 0.6 is 15.9 Å². The van der Waals surface area contributed by atoms with Crippen molar-refractivity contribution in [3.63, 3.8) is 0 Å². The Morgan fingerprint density at radius 1 is 1.21 bits per heavy atom. The largest absolute Gasteiger partial charge is 0.221 e. The molecule has 0 aliphatic heterocycles. The van der Waals surface area contributed by atoms with E-state index < -0.39 is 10.0 Å². The third-order valence-corrected chi connectivity index (χ3v) is 4.80. The van der Waals surface area contributed by atoms with Crippen LogP contribution in [-0.4, -0.2) is 19.1 Å². The van der Waals surface area contributed by atoms with Gasteiger partial charge in [0.25, 0.3) is 0 Å². The molecule has 0 heterocycles. The molecule has 0 aromatic rings. The Bertz CT molecular complexity index is 239. The standard InChI is InChI=1S/C9H20BrNO2S/c1-8(2)5-4-6-9(3)11-14(12,13)7-10/h8-9,11H,4-7H2,1-3H3. The topological polar surface area (TPSA) is 46.2 Å². The van der Waals surface area contributed by atoms with Crippen molar-refractivity contribution >= 4 is 26.0 Å². The van der Waals surface area contributed by atoms with E-state index in [0.717, 1.165) is 19.3 Å².